The number of imidazole rings is 1. The van der Waals surface area contributed by atoms with E-state index in [4.69, 9.17) is 9.97 Å². The maximum absolute atomic E-state index is 4.95. The van der Waals surface area contributed by atoms with Crippen molar-refractivity contribution in [3.63, 3.8) is 0 Å². The number of pyridine rings is 1. The summed E-state index contributed by atoms with van der Waals surface area (Å²) in [5.41, 5.74) is 6.90. The smallest absolute Gasteiger partial charge is 0.160 e. The van der Waals surface area contributed by atoms with Crippen LogP contribution < -0.4 is 0 Å². The zero-order valence-electron chi connectivity index (χ0n) is 23.4. The summed E-state index contributed by atoms with van der Waals surface area (Å²) in [5, 5.41) is 0. The monoisotopic (exact) mass is 557 g/mol. The highest BCUT2D eigenvalue weighted by Crippen LogP contribution is 2.23. The molecule has 0 N–H and O–H groups in total. The molecule has 0 atom stereocenters. The molecule has 0 radical (unpaired) electrons. The number of rotatable bonds is 8. The van der Waals surface area contributed by atoms with Gasteiger partial charge in [-0.2, -0.15) is 0 Å². The first kappa shape index (κ1) is 30.6. The lowest BCUT2D eigenvalue weighted by Crippen LogP contribution is -2.46. The minimum Gasteiger partial charge on any atom is -0.308 e. The molecule has 0 saturated carbocycles. The Balaban J connectivity index is 0.00000200. The number of fused-ring (bicyclic) bond motifs is 1. The zero-order valence-corrected chi connectivity index (χ0v) is 25.0. The first-order valence-electron chi connectivity index (χ1n) is 14.2. The molecule has 5 rings (SSSR count). The summed E-state index contributed by atoms with van der Waals surface area (Å²) in [7, 11) is 0. The second kappa shape index (κ2) is 14.5. The summed E-state index contributed by atoms with van der Waals surface area (Å²) in [6.45, 7) is 13.4. The second-order valence-electron chi connectivity index (χ2n) is 10.9. The molecular weight excluding hydrogens is 513 g/mol. The highest BCUT2D eigenvalue weighted by atomic mass is 35.5. The number of halogens is 2. The van der Waals surface area contributed by atoms with Crippen molar-refractivity contribution in [1.82, 2.24) is 24.3 Å². The molecular formula is C31H45Cl2N5. The molecule has 2 aliphatic rings. The van der Waals surface area contributed by atoms with E-state index in [0.29, 0.717) is 0 Å². The molecule has 38 heavy (non-hydrogen) atoms. The fourth-order valence-corrected chi connectivity index (χ4v) is 6.03. The summed E-state index contributed by atoms with van der Waals surface area (Å²) < 4.78 is 2.32. The topological polar surface area (TPSA) is 37.2 Å². The van der Waals surface area contributed by atoms with Gasteiger partial charge in [0.2, 0.25) is 0 Å². The van der Waals surface area contributed by atoms with E-state index in [0.717, 1.165) is 54.7 Å². The Morgan fingerprint density at radius 1 is 0.921 bits per heavy atom. The van der Waals surface area contributed by atoms with E-state index in [-0.39, 0.29) is 24.8 Å². The van der Waals surface area contributed by atoms with Crippen molar-refractivity contribution < 1.29 is 0 Å². The molecule has 7 heteroatoms. The van der Waals surface area contributed by atoms with Crippen molar-refractivity contribution in [2.24, 2.45) is 0 Å². The molecule has 3 aromatic rings. The van der Waals surface area contributed by atoms with Crippen molar-refractivity contribution >= 4 is 42.1 Å². The van der Waals surface area contributed by atoms with Gasteiger partial charge < -0.3 is 9.47 Å². The molecule has 0 spiro atoms. The van der Waals surface area contributed by atoms with Crippen LogP contribution in [0.4, 0.5) is 0 Å². The van der Waals surface area contributed by atoms with Crippen LogP contribution in [0, 0.1) is 13.8 Å². The third-order valence-corrected chi connectivity index (χ3v) is 8.03. The molecule has 2 saturated heterocycles. The fraction of sp³-hybridized carbons (Fsp3) is 0.548. The normalized spacial score (nSPS) is 17.6. The van der Waals surface area contributed by atoms with Gasteiger partial charge in [-0.3, -0.25) is 4.90 Å². The van der Waals surface area contributed by atoms with Crippen LogP contribution in [-0.2, 0) is 13.0 Å². The molecule has 2 fully saturated rings. The first-order chi connectivity index (χ1) is 17.6. The van der Waals surface area contributed by atoms with Gasteiger partial charge in [0.25, 0.3) is 0 Å². The van der Waals surface area contributed by atoms with Crippen LogP contribution in [0.5, 0.6) is 0 Å². The molecule has 0 amide bonds. The summed E-state index contributed by atoms with van der Waals surface area (Å²) in [4.78, 5) is 15.2. The molecule has 208 valence electrons. The van der Waals surface area contributed by atoms with Gasteiger partial charge in [0.15, 0.2) is 5.65 Å². The lowest BCUT2D eigenvalue weighted by molar-refractivity contribution is 0.0975. The van der Waals surface area contributed by atoms with Crippen LogP contribution in [-0.4, -0.2) is 63.1 Å². The van der Waals surface area contributed by atoms with Crippen molar-refractivity contribution in [2.45, 2.75) is 78.3 Å². The molecule has 0 aliphatic carbocycles. The van der Waals surface area contributed by atoms with Crippen LogP contribution in [0.15, 0.2) is 36.4 Å². The Kier molecular flexibility index (Phi) is 11.7. The van der Waals surface area contributed by atoms with Crippen LogP contribution in [0.1, 0.15) is 73.7 Å². The van der Waals surface area contributed by atoms with Gasteiger partial charge in [0.1, 0.15) is 11.3 Å². The number of likely N-dealkylation sites (tertiary alicyclic amines) is 2. The van der Waals surface area contributed by atoms with Gasteiger partial charge in [0.05, 0.1) is 6.54 Å². The van der Waals surface area contributed by atoms with Gasteiger partial charge in [0, 0.05) is 24.7 Å². The van der Waals surface area contributed by atoms with Gasteiger partial charge in [-0.1, -0.05) is 49.8 Å². The van der Waals surface area contributed by atoms with Crippen molar-refractivity contribution in [1.29, 1.82) is 0 Å². The van der Waals surface area contributed by atoms with E-state index < -0.39 is 0 Å². The number of piperidine rings is 2. The number of aromatic nitrogens is 3. The van der Waals surface area contributed by atoms with E-state index in [9.17, 15) is 0 Å². The molecule has 5 nitrogen and oxygen atoms in total. The summed E-state index contributed by atoms with van der Waals surface area (Å²) in [6, 6.07) is 12.0. The lowest BCUT2D eigenvalue weighted by atomic mass is 10.00. The highest BCUT2D eigenvalue weighted by Gasteiger charge is 2.24. The number of hydrogen-bond donors (Lipinski definition) is 0. The van der Waals surface area contributed by atoms with E-state index in [1.165, 1.54) is 75.0 Å². The van der Waals surface area contributed by atoms with E-state index in [1.54, 1.807) is 0 Å². The van der Waals surface area contributed by atoms with E-state index >= 15 is 0 Å². The van der Waals surface area contributed by atoms with Crippen molar-refractivity contribution in [3.05, 3.63) is 64.6 Å². The number of hydrogen-bond acceptors (Lipinski definition) is 4. The van der Waals surface area contributed by atoms with Gasteiger partial charge in [-0.05, 0) is 94.9 Å². The fourth-order valence-electron chi connectivity index (χ4n) is 6.03. The standard InChI is InChI=1S/C31H43N5.2ClH/c1-4-9-29-33-30-24(2)22-25(3)32-31(30)36(29)23-27-13-11-26(12-14-27)10-8-17-34-20-15-28(16-21-34)35-18-6-5-7-19-35;;/h8,10-14,22,28H,4-7,9,15-21,23H2,1-3H3;2*1H. The maximum atomic E-state index is 4.95. The van der Waals surface area contributed by atoms with Gasteiger partial charge in [-0.25, -0.2) is 9.97 Å². The SMILES string of the molecule is CCCc1nc2c(C)cc(C)nc2n1Cc1ccc(C=CCN2CCC(N3CCCCC3)CC2)cc1.Cl.Cl. The van der Waals surface area contributed by atoms with Crippen LogP contribution in [0.2, 0.25) is 0 Å². The third kappa shape index (κ3) is 7.38. The number of nitrogens with zero attached hydrogens (tertiary/aromatic N) is 5. The zero-order chi connectivity index (χ0) is 24.9. The summed E-state index contributed by atoms with van der Waals surface area (Å²) >= 11 is 0. The largest absolute Gasteiger partial charge is 0.308 e. The van der Waals surface area contributed by atoms with Gasteiger partial charge >= 0.3 is 0 Å². The quantitative estimate of drug-likeness (QED) is 0.303. The molecule has 2 aromatic heterocycles. The third-order valence-electron chi connectivity index (χ3n) is 8.03. The van der Waals surface area contributed by atoms with Crippen LogP contribution >= 0.6 is 24.8 Å². The number of benzene rings is 1. The molecule has 1 aromatic carbocycles. The average Bonchev–Trinajstić information content (AvgIpc) is 3.23. The summed E-state index contributed by atoms with van der Waals surface area (Å²) in [5.74, 6) is 1.14. The maximum Gasteiger partial charge on any atom is 0.160 e. The Hall–Kier alpha value is -1.92. The molecule has 0 unspecified atom stereocenters. The van der Waals surface area contributed by atoms with E-state index in [2.05, 4.69) is 77.6 Å². The molecule has 4 heterocycles. The Morgan fingerprint density at radius 3 is 2.32 bits per heavy atom. The predicted molar refractivity (Wildman–Crippen MR) is 165 cm³/mol. The number of aryl methyl sites for hydroxylation is 3. The minimum absolute atomic E-state index is 0. The predicted octanol–water partition coefficient (Wildman–Crippen LogP) is 6.86. The molecule has 0 bridgehead atoms. The van der Waals surface area contributed by atoms with Crippen LogP contribution in [0.25, 0.3) is 17.2 Å². The second-order valence-corrected chi connectivity index (χ2v) is 10.9. The van der Waals surface area contributed by atoms with E-state index in [1.807, 2.05) is 0 Å². The summed E-state index contributed by atoms with van der Waals surface area (Å²) in [6.07, 6.45) is 13.6. The lowest BCUT2D eigenvalue weighted by Gasteiger charge is -2.40. The first-order valence-corrected chi connectivity index (χ1v) is 14.2. The molecule has 2 aliphatic heterocycles. The van der Waals surface area contributed by atoms with Crippen molar-refractivity contribution in [3.8, 4) is 0 Å². The van der Waals surface area contributed by atoms with Crippen LogP contribution in [0.3, 0.4) is 0 Å². The Labute approximate surface area is 241 Å². The highest BCUT2D eigenvalue weighted by molar-refractivity contribution is 5.85. The Morgan fingerprint density at radius 2 is 1.63 bits per heavy atom. The Bertz CT molecular complexity index is 1170. The van der Waals surface area contributed by atoms with Gasteiger partial charge in [-0.15, -0.1) is 24.8 Å². The van der Waals surface area contributed by atoms with Crippen molar-refractivity contribution in [2.75, 3.05) is 32.7 Å². The average molecular weight is 559 g/mol. The minimum atomic E-state index is 0.